The number of nitrogens with one attached hydrogen (secondary N) is 3. The van der Waals surface area contributed by atoms with Gasteiger partial charge < -0.3 is 16.0 Å². The molecule has 0 saturated heterocycles. The van der Waals surface area contributed by atoms with Gasteiger partial charge in [0, 0.05) is 30.4 Å². The van der Waals surface area contributed by atoms with Crippen LogP contribution >= 0.6 is 0 Å². The smallest absolute Gasteiger partial charge is 0.243 e. The zero-order valence-electron chi connectivity index (χ0n) is 12.6. The minimum atomic E-state index is -0.169. The SMILES string of the molecule is Cc1cccc2c1NC(C(=O)NCC1=NCC(C)NC1)C2. The summed E-state index contributed by atoms with van der Waals surface area (Å²) in [6, 6.07) is 6.45. The Morgan fingerprint density at radius 2 is 2.33 bits per heavy atom. The molecule has 21 heavy (non-hydrogen) atoms. The largest absolute Gasteiger partial charge is 0.373 e. The molecule has 1 aromatic rings. The molecule has 1 amide bonds. The molecule has 2 unspecified atom stereocenters. The number of aliphatic imine (C=N–C) groups is 1. The van der Waals surface area contributed by atoms with Crippen LogP contribution in [0.25, 0.3) is 0 Å². The highest BCUT2D eigenvalue weighted by atomic mass is 16.2. The zero-order valence-corrected chi connectivity index (χ0v) is 12.6. The molecule has 0 aromatic heterocycles. The topological polar surface area (TPSA) is 65.5 Å². The highest BCUT2D eigenvalue weighted by Gasteiger charge is 2.27. The van der Waals surface area contributed by atoms with E-state index in [2.05, 4.69) is 46.9 Å². The maximum atomic E-state index is 12.3. The lowest BCUT2D eigenvalue weighted by Gasteiger charge is -2.20. The third kappa shape index (κ3) is 3.08. The number of benzene rings is 1. The summed E-state index contributed by atoms with van der Waals surface area (Å²) in [5, 5.41) is 9.67. The predicted molar refractivity (Wildman–Crippen MR) is 85.1 cm³/mol. The number of aryl methyl sites for hydroxylation is 1. The van der Waals surface area contributed by atoms with Gasteiger partial charge in [-0.05, 0) is 25.0 Å². The van der Waals surface area contributed by atoms with Crippen molar-refractivity contribution in [1.29, 1.82) is 0 Å². The lowest BCUT2D eigenvalue weighted by Crippen LogP contribution is -2.46. The van der Waals surface area contributed by atoms with Gasteiger partial charge in [0.1, 0.15) is 6.04 Å². The fourth-order valence-electron chi connectivity index (χ4n) is 2.82. The van der Waals surface area contributed by atoms with Gasteiger partial charge in [-0.25, -0.2) is 0 Å². The van der Waals surface area contributed by atoms with Crippen LogP contribution in [0.3, 0.4) is 0 Å². The minimum absolute atomic E-state index is 0.0481. The highest BCUT2D eigenvalue weighted by Crippen LogP contribution is 2.28. The number of amides is 1. The number of carbonyl (C=O) groups excluding carboxylic acids is 1. The summed E-state index contributed by atoms with van der Waals surface area (Å²) in [4.78, 5) is 16.8. The molecule has 2 heterocycles. The normalized spacial score (nSPS) is 24.0. The molecule has 2 atom stereocenters. The summed E-state index contributed by atoms with van der Waals surface area (Å²) >= 11 is 0. The van der Waals surface area contributed by atoms with E-state index < -0.39 is 0 Å². The molecule has 2 aliphatic rings. The van der Waals surface area contributed by atoms with E-state index in [-0.39, 0.29) is 11.9 Å². The van der Waals surface area contributed by atoms with Crippen molar-refractivity contribution in [1.82, 2.24) is 10.6 Å². The standard InChI is InChI=1S/C16H22N4O/c1-10-4-3-5-12-6-14(20-15(10)12)16(21)19-9-13-8-17-11(2)7-18-13/h3-5,11,14,17,20H,6-9H2,1-2H3,(H,19,21). The molecule has 3 rings (SSSR count). The Balaban J connectivity index is 1.55. The number of para-hydroxylation sites is 1. The van der Waals surface area contributed by atoms with E-state index in [1.54, 1.807) is 0 Å². The Kier molecular flexibility index (Phi) is 3.92. The first kappa shape index (κ1) is 14.1. The molecule has 0 fully saturated rings. The van der Waals surface area contributed by atoms with Crippen LogP contribution in [-0.2, 0) is 11.2 Å². The predicted octanol–water partition coefficient (Wildman–Crippen LogP) is 0.881. The molecule has 0 spiro atoms. The fraction of sp³-hybridized carbons (Fsp3) is 0.500. The number of hydrogen-bond donors (Lipinski definition) is 3. The van der Waals surface area contributed by atoms with Gasteiger partial charge in [-0.2, -0.15) is 0 Å². The van der Waals surface area contributed by atoms with Crippen LogP contribution in [-0.4, -0.2) is 43.3 Å². The monoisotopic (exact) mass is 286 g/mol. The maximum absolute atomic E-state index is 12.3. The van der Waals surface area contributed by atoms with E-state index in [0.29, 0.717) is 12.6 Å². The van der Waals surface area contributed by atoms with Crippen LogP contribution in [0.5, 0.6) is 0 Å². The van der Waals surface area contributed by atoms with E-state index >= 15 is 0 Å². The van der Waals surface area contributed by atoms with Crippen molar-refractivity contribution in [2.45, 2.75) is 32.4 Å². The number of hydrogen-bond acceptors (Lipinski definition) is 4. The van der Waals surface area contributed by atoms with Crippen molar-refractivity contribution in [2.75, 3.05) is 25.0 Å². The van der Waals surface area contributed by atoms with Gasteiger partial charge in [0.05, 0.1) is 13.1 Å². The Hall–Kier alpha value is -1.88. The second-order valence-electron chi connectivity index (χ2n) is 5.92. The van der Waals surface area contributed by atoms with Crippen molar-refractivity contribution >= 4 is 17.3 Å². The number of anilines is 1. The molecule has 3 N–H and O–H groups in total. The molecular formula is C16H22N4O. The number of carbonyl (C=O) groups is 1. The average Bonchev–Trinajstić information content (AvgIpc) is 2.92. The molecule has 5 heteroatoms. The van der Waals surface area contributed by atoms with Crippen molar-refractivity contribution in [2.24, 2.45) is 4.99 Å². The molecule has 0 aliphatic carbocycles. The first-order valence-corrected chi connectivity index (χ1v) is 7.52. The lowest BCUT2D eigenvalue weighted by molar-refractivity contribution is -0.121. The number of nitrogens with zero attached hydrogens (tertiary/aromatic N) is 1. The summed E-state index contributed by atoms with van der Waals surface area (Å²) in [6.45, 7) is 6.26. The Morgan fingerprint density at radius 3 is 3.05 bits per heavy atom. The second-order valence-corrected chi connectivity index (χ2v) is 5.92. The molecule has 112 valence electrons. The molecule has 5 nitrogen and oxygen atoms in total. The first-order chi connectivity index (χ1) is 10.1. The van der Waals surface area contributed by atoms with Crippen molar-refractivity contribution in [3.63, 3.8) is 0 Å². The highest BCUT2D eigenvalue weighted by molar-refractivity contribution is 5.94. The third-order valence-electron chi connectivity index (χ3n) is 4.13. The molecule has 0 bridgehead atoms. The van der Waals surface area contributed by atoms with Gasteiger partial charge in [0.2, 0.25) is 5.91 Å². The zero-order chi connectivity index (χ0) is 14.8. The minimum Gasteiger partial charge on any atom is -0.373 e. The van der Waals surface area contributed by atoms with Crippen molar-refractivity contribution in [3.05, 3.63) is 29.3 Å². The second kappa shape index (κ2) is 5.85. The van der Waals surface area contributed by atoms with Crippen molar-refractivity contribution < 1.29 is 4.79 Å². The fourth-order valence-corrected chi connectivity index (χ4v) is 2.82. The van der Waals surface area contributed by atoms with Crippen LogP contribution in [0.4, 0.5) is 5.69 Å². The van der Waals surface area contributed by atoms with E-state index in [1.807, 2.05) is 6.07 Å². The molecule has 0 saturated carbocycles. The summed E-state index contributed by atoms with van der Waals surface area (Å²) in [6.07, 6.45) is 0.755. The van der Waals surface area contributed by atoms with Gasteiger partial charge in [-0.15, -0.1) is 0 Å². The number of rotatable bonds is 3. The van der Waals surface area contributed by atoms with E-state index in [9.17, 15) is 4.79 Å². The van der Waals surface area contributed by atoms with Gasteiger partial charge in [0.15, 0.2) is 0 Å². The number of fused-ring (bicyclic) bond motifs is 1. The van der Waals surface area contributed by atoms with Crippen molar-refractivity contribution in [3.8, 4) is 0 Å². The van der Waals surface area contributed by atoms with Crippen LogP contribution < -0.4 is 16.0 Å². The average molecular weight is 286 g/mol. The van der Waals surface area contributed by atoms with Crippen LogP contribution in [0.1, 0.15) is 18.1 Å². The van der Waals surface area contributed by atoms with E-state index in [1.165, 1.54) is 11.1 Å². The van der Waals surface area contributed by atoms with Gasteiger partial charge in [-0.1, -0.05) is 18.2 Å². The summed E-state index contributed by atoms with van der Waals surface area (Å²) in [7, 11) is 0. The maximum Gasteiger partial charge on any atom is 0.243 e. The summed E-state index contributed by atoms with van der Waals surface area (Å²) in [5.41, 5.74) is 4.55. The van der Waals surface area contributed by atoms with Gasteiger partial charge in [0.25, 0.3) is 0 Å². The Morgan fingerprint density at radius 1 is 1.48 bits per heavy atom. The van der Waals surface area contributed by atoms with Crippen LogP contribution in [0.2, 0.25) is 0 Å². The Labute approximate surface area is 125 Å². The third-order valence-corrected chi connectivity index (χ3v) is 4.13. The summed E-state index contributed by atoms with van der Waals surface area (Å²) < 4.78 is 0. The molecule has 1 aromatic carbocycles. The van der Waals surface area contributed by atoms with E-state index in [0.717, 1.165) is 30.9 Å². The van der Waals surface area contributed by atoms with Crippen LogP contribution in [0.15, 0.2) is 23.2 Å². The van der Waals surface area contributed by atoms with Gasteiger partial charge in [-0.3, -0.25) is 9.79 Å². The molecule has 2 aliphatic heterocycles. The molecular weight excluding hydrogens is 264 g/mol. The lowest BCUT2D eigenvalue weighted by atomic mass is 10.1. The van der Waals surface area contributed by atoms with E-state index in [4.69, 9.17) is 0 Å². The first-order valence-electron chi connectivity index (χ1n) is 7.52. The van der Waals surface area contributed by atoms with Crippen LogP contribution in [0, 0.1) is 6.92 Å². The summed E-state index contributed by atoms with van der Waals surface area (Å²) in [5.74, 6) is 0.0481. The molecule has 0 radical (unpaired) electrons. The Bertz CT molecular complexity index is 582. The quantitative estimate of drug-likeness (QED) is 0.773. The van der Waals surface area contributed by atoms with Gasteiger partial charge >= 0.3 is 0 Å².